The number of esters is 1. The lowest BCUT2D eigenvalue weighted by atomic mass is 10.0. The Morgan fingerprint density at radius 3 is 2.06 bits per heavy atom. The highest BCUT2D eigenvalue weighted by Crippen LogP contribution is 2.27. The van der Waals surface area contributed by atoms with Crippen LogP contribution in [0.4, 0.5) is 0 Å². The molecule has 0 saturated heterocycles. The van der Waals surface area contributed by atoms with Crippen molar-refractivity contribution in [2.75, 3.05) is 6.61 Å². The molecule has 4 amide bonds. The number of hydrogen-bond acceptors (Lipinski definition) is 6. The summed E-state index contributed by atoms with van der Waals surface area (Å²) in [6, 6.07) is 11.1. The number of hydrogen-bond donors (Lipinski definition) is 2. The third kappa shape index (κ3) is 5.56. The second-order valence-corrected chi connectivity index (χ2v) is 8.22. The summed E-state index contributed by atoms with van der Waals surface area (Å²) >= 11 is 5.77. The number of nitrogens with zero attached hydrogens (tertiary/aromatic N) is 1. The predicted octanol–water partition coefficient (Wildman–Crippen LogP) is 2.36. The van der Waals surface area contributed by atoms with Gasteiger partial charge in [-0.1, -0.05) is 37.6 Å². The van der Waals surface area contributed by atoms with E-state index in [2.05, 4.69) is 10.9 Å². The van der Waals surface area contributed by atoms with Crippen molar-refractivity contribution in [3.8, 4) is 0 Å². The number of imide groups is 1. The van der Waals surface area contributed by atoms with Gasteiger partial charge in [-0.05, 0) is 48.7 Å². The molecule has 2 aromatic carbocycles. The largest absolute Gasteiger partial charge is 0.454 e. The summed E-state index contributed by atoms with van der Waals surface area (Å²) in [6.07, 6.45) is 0.166. The predicted molar refractivity (Wildman–Crippen MR) is 118 cm³/mol. The number of benzene rings is 2. The van der Waals surface area contributed by atoms with Gasteiger partial charge in [-0.2, -0.15) is 0 Å². The number of halogens is 1. The molecule has 10 heteroatoms. The van der Waals surface area contributed by atoms with Crippen LogP contribution in [0.3, 0.4) is 0 Å². The van der Waals surface area contributed by atoms with Gasteiger partial charge in [-0.3, -0.25) is 34.9 Å². The number of fused-ring (bicyclic) bond motifs is 1. The molecule has 1 aliphatic rings. The molecule has 0 fully saturated rings. The second kappa shape index (κ2) is 10.3. The number of rotatable bonds is 7. The van der Waals surface area contributed by atoms with Crippen molar-refractivity contribution in [2.45, 2.75) is 26.3 Å². The highest BCUT2D eigenvalue weighted by Gasteiger charge is 2.43. The van der Waals surface area contributed by atoms with Crippen LogP contribution in [0.5, 0.6) is 0 Å². The lowest BCUT2D eigenvalue weighted by Crippen LogP contribution is -2.48. The van der Waals surface area contributed by atoms with Gasteiger partial charge in [-0.25, -0.2) is 4.79 Å². The highest BCUT2D eigenvalue weighted by molar-refractivity contribution is 6.30. The topological polar surface area (TPSA) is 122 Å². The van der Waals surface area contributed by atoms with E-state index >= 15 is 0 Å². The molecule has 0 spiro atoms. The zero-order valence-corrected chi connectivity index (χ0v) is 18.7. The summed E-state index contributed by atoms with van der Waals surface area (Å²) in [5, 5.41) is 0.455. The Labute approximate surface area is 195 Å². The fraction of sp³-hybridized carbons (Fsp3) is 0.261. The van der Waals surface area contributed by atoms with Crippen LogP contribution in [0.1, 0.15) is 51.3 Å². The first kappa shape index (κ1) is 23.9. The molecule has 0 radical (unpaired) electrons. The van der Waals surface area contributed by atoms with Crippen LogP contribution in [-0.2, 0) is 14.3 Å². The van der Waals surface area contributed by atoms with E-state index in [1.165, 1.54) is 36.4 Å². The Hall–Kier alpha value is -3.72. The van der Waals surface area contributed by atoms with Crippen molar-refractivity contribution in [2.24, 2.45) is 5.92 Å². The minimum atomic E-state index is -1.19. The van der Waals surface area contributed by atoms with Crippen molar-refractivity contribution in [1.82, 2.24) is 15.8 Å². The molecule has 3 rings (SSSR count). The van der Waals surface area contributed by atoms with E-state index in [4.69, 9.17) is 16.3 Å². The van der Waals surface area contributed by atoms with E-state index in [9.17, 15) is 24.0 Å². The fourth-order valence-corrected chi connectivity index (χ4v) is 3.44. The molecule has 1 aliphatic heterocycles. The Bertz CT molecular complexity index is 1060. The van der Waals surface area contributed by atoms with E-state index in [0.29, 0.717) is 5.02 Å². The Kier molecular flexibility index (Phi) is 7.44. The molecule has 33 heavy (non-hydrogen) atoms. The minimum absolute atomic E-state index is 0.0423. The quantitative estimate of drug-likeness (QED) is 0.363. The van der Waals surface area contributed by atoms with Gasteiger partial charge in [0.1, 0.15) is 6.04 Å². The lowest BCUT2D eigenvalue weighted by molar-refractivity contribution is -0.153. The Balaban J connectivity index is 1.60. The summed E-state index contributed by atoms with van der Waals surface area (Å²) in [5.41, 5.74) is 5.02. The second-order valence-electron chi connectivity index (χ2n) is 7.79. The molecule has 2 N–H and O–H groups in total. The monoisotopic (exact) mass is 471 g/mol. The maximum Gasteiger partial charge on any atom is 0.329 e. The maximum absolute atomic E-state index is 12.8. The molecule has 0 saturated carbocycles. The summed E-state index contributed by atoms with van der Waals surface area (Å²) in [4.78, 5) is 63.2. The molecule has 0 unspecified atom stereocenters. The first-order valence-electron chi connectivity index (χ1n) is 10.2. The molecule has 172 valence electrons. The van der Waals surface area contributed by atoms with Crippen molar-refractivity contribution >= 4 is 41.2 Å². The summed E-state index contributed by atoms with van der Waals surface area (Å²) in [6.45, 7) is 2.95. The van der Waals surface area contributed by atoms with Crippen LogP contribution in [0.15, 0.2) is 48.5 Å². The van der Waals surface area contributed by atoms with Crippen molar-refractivity contribution in [1.29, 1.82) is 0 Å². The van der Waals surface area contributed by atoms with Gasteiger partial charge in [0.15, 0.2) is 6.61 Å². The zero-order chi connectivity index (χ0) is 24.1. The van der Waals surface area contributed by atoms with Crippen LogP contribution >= 0.6 is 11.6 Å². The molecule has 9 nitrogen and oxygen atoms in total. The zero-order valence-electron chi connectivity index (χ0n) is 18.0. The van der Waals surface area contributed by atoms with Gasteiger partial charge >= 0.3 is 5.97 Å². The Morgan fingerprint density at radius 2 is 1.52 bits per heavy atom. The van der Waals surface area contributed by atoms with Crippen LogP contribution in [0, 0.1) is 5.92 Å². The van der Waals surface area contributed by atoms with Gasteiger partial charge < -0.3 is 4.74 Å². The SMILES string of the molecule is CC(C)C[C@H](C(=O)OCC(=O)NNC(=O)c1ccc(Cl)cc1)N1C(=O)c2ccccc2C1=O. The molecular formula is C23H22ClN3O6. The van der Waals surface area contributed by atoms with E-state index in [0.717, 1.165) is 4.90 Å². The maximum atomic E-state index is 12.8. The third-order valence-electron chi connectivity index (χ3n) is 4.87. The van der Waals surface area contributed by atoms with Crippen LogP contribution in [-0.4, -0.2) is 47.1 Å². The van der Waals surface area contributed by atoms with Gasteiger partial charge in [0.2, 0.25) is 0 Å². The molecule has 0 aliphatic carbocycles. The smallest absolute Gasteiger partial charge is 0.329 e. The molecule has 0 aromatic heterocycles. The van der Waals surface area contributed by atoms with Gasteiger partial charge in [-0.15, -0.1) is 0 Å². The number of carbonyl (C=O) groups is 5. The molecule has 2 aromatic rings. The number of ether oxygens (including phenoxy) is 1. The standard InChI is InChI=1S/C23H22ClN3O6/c1-13(2)11-18(27-21(30)16-5-3-4-6-17(16)22(27)31)23(32)33-12-19(28)25-26-20(29)14-7-9-15(24)10-8-14/h3-10,13,18H,11-12H2,1-2H3,(H,25,28)(H,26,29)/t18-/m1/s1. The summed E-state index contributed by atoms with van der Waals surface area (Å²) in [5.74, 6) is -3.49. The highest BCUT2D eigenvalue weighted by atomic mass is 35.5. The van der Waals surface area contributed by atoms with Gasteiger partial charge in [0.25, 0.3) is 23.6 Å². The van der Waals surface area contributed by atoms with Crippen molar-refractivity contribution in [3.63, 3.8) is 0 Å². The van der Waals surface area contributed by atoms with E-state index in [1.807, 2.05) is 13.8 Å². The lowest BCUT2D eigenvalue weighted by Gasteiger charge is -2.25. The van der Waals surface area contributed by atoms with E-state index in [-0.39, 0.29) is 29.0 Å². The van der Waals surface area contributed by atoms with Gasteiger partial charge in [0, 0.05) is 10.6 Å². The van der Waals surface area contributed by atoms with E-state index < -0.39 is 42.2 Å². The minimum Gasteiger partial charge on any atom is -0.454 e. The molecule has 1 atom stereocenters. The van der Waals surface area contributed by atoms with E-state index in [1.54, 1.807) is 12.1 Å². The van der Waals surface area contributed by atoms with Crippen LogP contribution < -0.4 is 10.9 Å². The summed E-state index contributed by atoms with van der Waals surface area (Å²) in [7, 11) is 0. The van der Waals surface area contributed by atoms with Crippen molar-refractivity contribution in [3.05, 3.63) is 70.2 Å². The van der Waals surface area contributed by atoms with Crippen LogP contribution in [0.2, 0.25) is 5.02 Å². The average molecular weight is 472 g/mol. The first-order chi connectivity index (χ1) is 15.7. The molecular weight excluding hydrogens is 450 g/mol. The number of nitrogens with one attached hydrogen (secondary N) is 2. The third-order valence-corrected chi connectivity index (χ3v) is 5.12. The number of hydrazine groups is 1. The average Bonchev–Trinajstić information content (AvgIpc) is 3.04. The molecule has 0 bridgehead atoms. The number of amides is 4. The summed E-state index contributed by atoms with van der Waals surface area (Å²) < 4.78 is 5.06. The van der Waals surface area contributed by atoms with Crippen LogP contribution in [0.25, 0.3) is 0 Å². The fourth-order valence-electron chi connectivity index (χ4n) is 3.31. The van der Waals surface area contributed by atoms with Crippen molar-refractivity contribution < 1.29 is 28.7 Å². The van der Waals surface area contributed by atoms with Gasteiger partial charge in [0.05, 0.1) is 11.1 Å². The molecule has 1 heterocycles. The normalized spacial score (nSPS) is 13.5. The Morgan fingerprint density at radius 1 is 0.939 bits per heavy atom. The first-order valence-corrected chi connectivity index (χ1v) is 10.5. The number of carbonyl (C=O) groups excluding carboxylic acids is 5.